The summed E-state index contributed by atoms with van der Waals surface area (Å²) >= 11 is 0. The minimum Gasteiger partial charge on any atom is -0.381 e. The Morgan fingerprint density at radius 2 is 2.11 bits per heavy atom. The number of likely N-dealkylation sites (tertiary alicyclic amines) is 1. The molecule has 1 saturated heterocycles. The highest BCUT2D eigenvalue weighted by Gasteiger charge is 2.24. The van der Waals surface area contributed by atoms with Gasteiger partial charge in [-0.15, -0.1) is 0 Å². The molecule has 146 valence electrons. The molecule has 0 radical (unpaired) electrons. The molecule has 1 N–H and O–H groups in total. The first-order valence-corrected chi connectivity index (χ1v) is 9.69. The van der Waals surface area contributed by atoms with Crippen molar-refractivity contribution in [1.82, 2.24) is 19.7 Å². The van der Waals surface area contributed by atoms with Crippen molar-refractivity contribution in [2.75, 3.05) is 37.4 Å². The second-order valence-electron chi connectivity index (χ2n) is 7.38. The minimum absolute atomic E-state index is 0.109. The Hall–Kier alpha value is -2.57. The number of aromatic nitrogens is 3. The van der Waals surface area contributed by atoms with Crippen LogP contribution in [0.2, 0.25) is 0 Å². The normalized spacial score (nSPS) is 17.5. The number of hydrogen-bond acceptors (Lipinski definition) is 5. The van der Waals surface area contributed by atoms with Gasteiger partial charge in [-0.05, 0) is 37.8 Å². The van der Waals surface area contributed by atoms with E-state index >= 15 is 0 Å². The zero-order valence-corrected chi connectivity index (χ0v) is 16.8. The topological polar surface area (TPSA) is 66.3 Å². The minimum atomic E-state index is 0.109. The molecule has 2 aromatic rings. The molecular weight excluding hydrogens is 340 g/mol. The van der Waals surface area contributed by atoms with Crippen LogP contribution in [0.25, 0.3) is 0 Å². The van der Waals surface area contributed by atoms with Gasteiger partial charge < -0.3 is 15.1 Å². The maximum absolute atomic E-state index is 12.9. The highest BCUT2D eigenvalue weighted by Crippen LogP contribution is 2.20. The number of aryl methyl sites for hydroxylation is 2. The van der Waals surface area contributed by atoms with Crippen LogP contribution in [0.5, 0.6) is 0 Å². The van der Waals surface area contributed by atoms with E-state index in [0.29, 0.717) is 6.04 Å². The summed E-state index contributed by atoms with van der Waals surface area (Å²) < 4.78 is 1.73. The summed E-state index contributed by atoms with van der Waals surface area (Å²) in [7, 11) is 5.84. The van der Waals surface area contributed by atoms with Gasteiger partial charge in [-0.25, -0.2) is 4.98 Å². The lowest BCUT2D eigenvalue weighted by Crippen LogP contribution is -2.33. The summed E-state index contributed by atoms with van der Waals surface area (Å²) in [5.74, 6) is 1.05. The average molecular weight is 371 g/mol. The first-order chi connectivity index (χ1) is 13.0. The predicted octanol–water partition coefficient (Wildman–Crippen LogP) is 2.55. The Kier molecular flexibility index (Phi) is 5.98. The van der Waals surface area contributed by atoms with Crippen molar-refractivity contribution in [1.29, 1.82) is 0 Å². The highest BCUT2D eigenvalue weighted by molar-refractivity contribution is 5.95. The van der Waals surface area contributed by atoms with Crippen molar-refractivity contribution in [3.05, 3.63) is 35.8 Å². The van der Waals surface area contributed by atoms with Crippen LogP contribution in [-0.2, 0) is 13.5 Å². The van der Waals surface area contributed by atoms with Crippen LogP contribution in [0.15, 0.2) is 24.5 Å². The molecule has 0 spiro atoms. The summed E-state index contributed by atoms with van der Waals surface area (Å²) in [6.45, 7) is 3.60. The first kappa shape index (κ1) is 19.2. The molecule has 0 unspecified atom stereocenters. The summed E-state index contributed by atoms with van der Waals surface area (Å²) in [4.78, 5) is 21.4. The van der Waals surface area contributed by atoms with Crippen molar-refractivity contribution in [3.63, 3.8) is 0 Å². The van der Waals surface area contributed by atoms with Crippen LogP contribution in [0.1, 0.15) is 42.2 Å². The van der Waals surface area contributed by atoms with Crippen LogP contribution in [-0.4, -0.2) is 58.8 Å². The molecule has 1 atom stereocenters. The third-order valence-electron chi connectivity index (χ3n) is 5.06. The fourth-order valence-electron chi connectivity index (χ4n) is 3.56. The molecule has 7 heteroatoms. The second-order valence-corrected chi connectivity index (χ2v) is 7.38. The lowest BCUT2D eigenvalue weighted by atomic mass is 10.1. The first-order valence-electron chi connectivity index (χ1n) is 9.69. The van der Waals surface area contributed by atoms with Crippen molar-refractivity contribution in [2.24, 2.45) is 7.05 Å². The van der Waals surface area contributed by atoms with E-state index in [9.17, 15) is 4.79 Å². The smallest absolute Gasteiger partial charge is 0.257 e. The number of carbonyl (C=O) groups excluding carboxylic acids is 1. The summed E-state index contributed by atoms with van der Waals surface area (Å²) in [5, 5.41) is 7.98. The van der Waals surface area contributed by atoms with Gasteiger partial charge in [-0.1, -0.05) is 6.92 Å². The number of rotatable bonds is 5. The standard InChI is InChI=1S/C20H30N6O/c1-5-18-17(14-25(4)23-18)20(27)26-11-6-7-15(10-12-26)22-16-8-9-19(21-13-16)24(2)3/h8-9,13-15,22H,5-7,10-12H2,1-4H3/t15-/m0/s1. The van der Waals surface area contributed by atoms with E-state index in [1.165, 1.54) is 0 Å². The molecule has 2 aromatic heterocycles. The van der Waals surface area contributed by atoms with Gasteiger partial charge in [0.15, 0.2) is 0 Å². The van der Waals surface area contributed by atoms with Crippen LogP contribution in [0, 0.1) is 0 Å². The zero-order chi connectivity index (χ0) is 19.4. The lowest BCUT2D eigenvalue weighted by molar-refractivity contribution is 0.0760. The molecule has 3 heterocycles. The monoisotopic (exact) mass is 370 g/mol. The second kappa shape index (κ2) is 8.41. The third kappa shape index (κ3) is 4.59. The van der Waals surface area contributed by atoms with Gasteiger partial charge in [0.25, 0.3) is 5.91 Å². The van der Waals surface area contributed by atoms with E-state index in [0.717, 1.165) is 61.5 Å². The molecular formula is C20H30N6O. The lowest BCUT2D eigenvalue weighted by Gasteiger charge is -2.21. The van der Waals surface area contributed by atoms with E-state index < -0.39 is 0 Å². The molecule has 1 amide bonds. The number of carbonyl (C=O) groups is 1. The van der Waals surface area contributed by atoms with E-state index in [1.54, 1.807) is 4.68 Å². The molecule has 0 bridgehead atoms. The summed E-state index contributed by atoms with van der Waals surface area (Å²) in [6.07, 6.45) is 7.48. The largest absolute Gasteiger partial charge is 0.381 e. The van der Waals surface area contributed by atoms with Crippen molar-refractivity contribution in [3.8, 4) is 0 Å². The van der Waals surface area contributed by atoms with Crippen LogP contribution >= 0.6 is 0 Å². The molecule has 0 aromatic carbocycles. The van der Waals surface area contributed by atoms with Gasteiger partial charge in [0.05, 0.1) is 23.1 Å². The van der Waals surface area contributed by atoms with Gasteiger partial charge >= 0.3 is 0 Å². The number of anilines is 2. The molecule has 0 saturated carbocycles. The molecule has 1 aliphatic rings. The summed E-state index contributed by atoms with van der Waals surface area (Å²) in [5.41, 5.74) is 2.66. The number of pyridine rings is 1. The average Bonchev–Trinajstić information content (AvgIpc) is 2.89. The van der Waals surface area contributed by atoms with E-state index in [-0.39, 0.29) is 5.91 Å². The molecule has 0 aliphatic carbocycles. The van der Waals surface area contributed by atoms with Gasteiger partial charge in [0.1, 0.15) is 5.82 Å². The molecule has 1 aliphatic heterocycles. The van der Waals surface area contributed by atoms with Gasteiger partial charge in [0, 0.05) is 46.5 Å². The third-order valence-corrected chi connectivity index (χ3v) is 5.06. The van der Waals surface area contributed by atoms with Gasteiger partial charge in [0.2, 0.25) is 0 Å². The number of hydrogen-bond donors (Lipinski definition) is 1. The van der Waals surface area contributed by atoms with Gasteiger partial charge in [-0.2, -0.15) is 5.10 Å². The van der Waals surface area contributed by atoms with E-state index in [2.05, 4.69) is 21.5 Å². The predicted molar refractivity (Wildman–Crippen MR) is 108 cm³/mol. The fourth-order valence-corrected chi connectivity index (χ4v) is 3.56. The molecule has 1 fully saturated rings. The Bertz CT molecular complexity index is 767. The van der Waals surface area contributed by atoms with Crippen LogP contribution in [0.3, 0.4) is 0 Å². The maximum Gasteiger partial charge on any atom is 0.257 e. The Morgan fingerprint density at radius 1 is 1.30 bits per heavy atom. The SMILES string of the molecule is CCc1nn(C)cc1C(=O)N1CCC[C@H](Nc2ccc(N(C)C)nc2)CC1. The fraction of sp³-hybridized carbons (Fsp3) is 0.550. The van der Waals surface area contributed by atoms with E-state index in [4.69, 9.17) is 0 Å². The summed E-state index contributed by atoms with van der Waals surface area (Å²) in [6, 6.07) is 4.44. The van der Waals surface area contributed by atoms with Crippen molar-refractivity contribution >= 4 is 17.4 Å². The van der Waals surface area contributed by atoms with E-state index in [1.807, 2.05) is 56.3 Å². The number of amides is 1. The van der Waals surface area contributed by atoms with Crippen LogP contribution < -0.4 is 10.2 Å². The van der Waals surface area contributed by atoms with Crippen molar-refractivity contribution < 1.29 is 4.79 Å². The zero-order valence-electron chi connectivity index (χ0n) is 16.8. The number of nitrogens with zero attached hydrogens (tertiary/aromatic N) is 5. The van der Waals surface area contributed by atoms with Crippen LogP contribution in [0.4, 0.5) is 11.5 Å². The van der Waals surface area contributed by atoms with Gasteiger partial charge in [-0.3, -0.25) is 9.48 Å². The Morgan fingerprint density at radius 3 is 2.78 bits per heavy atom. The Balaban J connectivity index is 1.60. The quantitative estimate of drug-likeness (QED) is 0.876. The highest BCUT2D eigenvalue weighted by atomic mass is 16.2. The molecule has 3 rings (SSSR count). The maximum atomic E-state index is 12.9. The van der Waals surface area contributed by atoms with Crippen molar-refractivity contribution in [2.45, 2.75) is 38.6 Å². The Labute approximate surface area is 161 Å². The molecule has 7 nitrogen and oxygen atoms in total. The molecule has 27 heavy (non-hydrogen) atoms. The number of nitrogens with one attached hydrogen (secondary N) is 1.